The first kappa shape index (κ1) is 29.5. The molecule has 3 heterocycles. The molecule has 3 aliphatic heterocycles. The lowest BCUT2D eigenvalue weighted by Crippen LogP contribution is -2.64. The van der Waals surface area contributed by atoms with Gasteiger partial charge in [0.1, 0.15) is 31.7 Å². The van der Waals surface area contributed by atoms with Crippen molar-refractivity contribution in [3.05, 3.63) is 35.9 Å². The summed E-state index contributed by atoms with van der Waals surface area (Å²) in [7, 11) is 0. The number of carbonyl (C=O) groups excluding carboxylic acids is 3. The Balaban J connectivity index is 1.74. The monoisotopic (exact) mass is 556 g/mol. The second kappa shape index (κ2) is 13.1. The minimum absolute atomic E-state index is 0.0259. The predicted octanol–water partition coefficient (Wildman–Crippen LogP) is 2.97. The van der Waals surface area contributed by atoms with Crippen LogP contribution in [0.1, 0.15) is 20.3 Å². The van der Waals surface area contributed by atoms with Crippen LogP contribution in [0, 0.1) is 11.8 Å². The molecule has 3 aliphatic rings. The number of carbonyl (C=O) groups is 4. The highest BCUT2D eigenvalue weighted by Crippen LogP contribution is 2.52. The van der Waals surface area contributed by atoms with Crippen LogP contribution in [0.3, 0.4) is 0 Å². The number of likely N-dealkylation sites (tertiary alicyclic amines) is 1. The molecule has 6 atom stereocenters. The van der Waals surface area contributed by atoms with Gasteiger partial charge in [-0.05, 0) is 13.3 Å². The number of hydrogen-bond donors (Lipinski definition) is 1. The van der Waals surface area contributed by atoms with Crippen molar-refractivity contribution >= 4 is 35.9 Å². The van der Waals surface area contributed by atoms with Crippen LogP contribution in [0.2, 0.25) is 0 Å². The van der Waals surface area contributed by atoms with Gasteiger partial charge in [0.25, 0.3) is 0 Å². The topological polar surface area (TPSA) is 132 Å². The molecule has 0 aliphatic carbocycles. The van der Waals surface area contributed by atoms with E-state index in [4.69, 9.17) is 18.9 Å². The summed E-state index contributed by atoms with van der Waals surface area (Å²) in [4.78, 5) is 53.0. The Morgan fingerprint density at radius 1 is 1.24 bits per heavy atom. The van der Waals surface area contributed by atoms with Gasteiger partial charge in [-0.2, -0.15) is 0 Å². The van der Waals surface area contributed by atoms with E-state index in [-0.39, 0.29) is 55.9 Å². The van der Waals surface area contributed by atoms with Gasteiger partial charge in [-0.1, -0.05) is 32.2 Å². The average Bonchev–Trinajstić information content (AvgIpc) is 3.38. The van der Waals surface area contributed by atoms with Crippen molar-refractivity contribution in [2.45, 2.75) is 43.7 Å². The number of halogens is 1. The number of carboxylic acid groups (broad SMARTS) is 1. The third kappa shape index (κ3) is 6.15. The van der Waals surface area contributed by atoms with Gasteiger partial charge in [-0.15, -0.1) is 11.8 Å². The Hall–Kier alpha value is -3.06. The maximum absolute atomic E-state index is 13.0. The Labute approximate surface area is 224 Å². The number of β-lactam (4-membered cyclic amide) rings is 1. The molecule has 0 unspecified atom stereocenters. The van der Waals surface area contributed by atoms with Crippen molar-refractivity contribution in [3.63, 3.8) is 0 Å². The van der Waals surface area contributed by atoms with Gasteiger partial charge in [0.15, 0.2) is 0 Å². The molecule has 2 amide bonds. The van der Waals surface area contributed by atoms with Crippen LogP contribution in [-0.2, 0) is 28.5 Å². The molecule has 2 saturated heterocycles. The maximum Gasteiger partial charge on any atom is 0.508 e. The van der Waals surface area contributed by atoms with Crippen LogP contribution in [-0.4, -0.2) is 102 Å². The lowest BCUT2D eigenvalue weighted by molar-refractivity contribution is -0.164. The Morgan fingerprint density at radius 3 is 2.55 bits per heavy atom. The number of fused-ring (bicyclic) bond motifs is 1. The standard InChI is InChI=1S/C25H33FN2O9S/c1-5-8-35-24(32)27-12-17(11-16(27)13-34-10-7-26)38-21-14(3)19-18(15(4)37-25(33)36-9-6-2)22(29)28(19)20(21)23(30)31/h5-6,14-19H,1-2,7-13H2,3-4H3,(H,30,31)/t14-,15-,16+,17+,18-,19-/m1/s1. The first-order valence-corrected chi connectivity index (χ1v) is 13.1. The average molecular weight is 557 g/mol. The second-order valence-electron chi connectivity index (χ2n) is 9.12. The van der Waals surface area contributed by atoms with Gasteiger partial charge in [-0.3, -0.25) is 4.79 Å². The van der Waals surface area contributed by atoms with Crippen LogP contribution >= 0.6 is 11.8 Å². The Bertz CT molecular complexity index is 990. The fraction of sp³-hybridized carbons (Fsp3) is 0.600. The van der Waals surface area contributed by atoms with E-state index in [1.165, 1.54) is 33.7 Å². The molecule has 3 rings (SSSR count). The molecule has 0 spiro atoms. The molecule has 1 N–H and O–H groups in total. The highest BCUT2D eigenvalue weighted by atomic mass is 32.2. The zero-order valence-electron chi connectivity index (χ0n) is 21.4. The van der Waals surface area contributed by atoms with Crippen molar-refractivity contribution in [2.75, 3.05) is 39.6 Å². The Kier molecular flexibility index (Phi) is 10.2. The number of hydrogen-bond acceptors (Lipinski definition) is 9. The number of amides is 2. The normalized spacial score (nSPS) is 26.9. The van der Waals surface area contributed by atoms with Crippen molar-refractivity contribution in [1.82, 2.24) is 9.80 Å². The molecule has 0 bridgehead atoms. The number of carboxylic acids is 1. The molecule has 0 aromatic carbocycles. The first-order valence-electron chi connectivity index (χ1n) is 12.3. The van der Waals surface area contributed by atoms with Gasteiger partial charge in [0, 0.05) is 22.6 Å². The molecule has 0 radical (unpaired) electrons. The van der Waals surface area contributed by atoms with Crippen molar-refractivity contribution in [2.24, 2.45) is 11.8 Å². The number of rotatable bonds is 13. The minimum atomic E-state index is -1.24. The van der Waals surface area contributed by atoms with Crippen LogP contribution < -0.4 is 0 Å². The number of nitrogens with zero attached hydrogens (tertiary/aromatic N) is 2. The summed E-state index contributed by atoms with van der Waals surface area (Å²) >= 11 is 1.30. The highest BCUT2D eigenvalue weighted by molar-refractivity contribution is 8.03. The molecule has 0 aromatic heterocycles. The van der Waals surface area contributed by atoms with Gasteiger partial charge >= 0.3 is 18.2 Å². The molecular formula is C25H33FN2O9S. The lowest BCUT2D eigenvalue weighted by Gasteiger charge is -2.46. The summed E-state index contributed by atoms with van der Waals surface area (Å²) < 4.78 is 33.1. The SMILES string of the molecule is C=CCOC(=O)O[C@H](C)[C@H]1C(=O)N2C(C(=O)O)=C(S[C@H]3C[C@@H](COCCF)N(C(=O)OCC=C)C3)[C@H](C)[C@H]12. The molecule has 2 fully saturated rings. The van der Waals surface area contributed by atoms with E-state index in [0.717, 1.165) is 0 Å². The van der Waals surface area contributed by atoms with Crippen LogP contribution in [0.15, 0.2) is 35.9 Å². The molecular weight excluding hydrogens is 523 g/mol. The third-order valence-corrected chi connectivity index (χ3v) is 8.15. The summed E-state index contributed by atoms with van der Waals surface area (Å²) in [5.41, 5.74) is -0.104. The van der Waals surface area contributed by atoms with E-state index >= 15 is 0 Å². The summed E-state index contributed by atoms with van der Waals surface area (Å²) in [5, 5.41) is 9.77. The summed E-state index contributed by atoms with van der Waals surface area (Å²) in [5.74, 6) is -2.77. The van der Waals surface area contributed by atoms with E-state index in [2.05, 4.69) is 13.2 Å². The van der Waals surface area contributed by atoms with Gasteiger partial charge in [-0.25, -0.2) is 18.8 Å². The second-order valence-corrected chi connectivity index (χ2v) is 10.5. The summed E-state index contributed by atoms with van der Waals surface area (Å²) in [6.07, 6.45) is 0.948. The number of thioether (sulfide) groups is 1. The molecule has 0 aromatic rings. The maximum atomic E-state index is 13.0. The fourth-order valence-electron chi connectivity index (χ4n) is 5.06. The number of alkyl halides is 1. The van der Waals surface area contributed by atoms with Crippen LogP contribution in [0.5, 0.6) is 0 Å². The van der Waals surface area contributed by atoms with Crippen molar-refractivity contribution < 1.29 is 47.6 Å². The molecule has 11 nitrogen and oxygen atoms in total. The van der Waals surface area contributed by atoms with Gasteiger partial charge in [0.05, 0.1) is 31.2 Å². The largest absolute Gasteiger partial charge is 0.508 e. The molecule has 0 saturated carbocycles. The third-order valence-electron chi connectivity index (χ3n) is 6.66. The van der Waals surface area contributed by atoms with E-state index < -0.39 is 48.9 Å². The zero-order valence-corrected chi connectivity index (χ0v) is 22.2. The van der Waals surface area contributed by atoms with Gasteiger partial charge in [0.2, 0.25) is 5.91 Å². The first-order chi connectivity index (χ1) is 18.2. The predicted molar refractivity (Wildman–Crippen MR) is 135 cm³/mol. The van der Waals surface area contributed by atoms with Crippen molar-refractivity contribution in [3.8, 4) is 0 Å². The number of aliphatic carboxylic acids is 1. The molecule has 13 heteroatoms. The summed E-state index contributed by atoms with van der Waals surface area (Å²) in [6, 6.07) is -0.889. The van der Waals surface area contributed by atoms with E-state index in [0.29, 0.717) is 11.3 Å². The van der Waals surface area contributed by atoms with E-state index in [1.54, 1.807) is 6.92 Å². The fourth-order valence-corrected chi connectivity index (χ4v) is 6.62. The zero-order chi connectivity index (χ0) is 28.0. The smallest absolute Gasteiger partial charge is 0.477 e. The lowest BCUT2D eigenvalue weighted by atomic mass is 9.79. The van der Waals surface area contributed by atoms with Crippen LogP contribution in [0.25, 0.3) is 0 Å². The highest BCUT2D eigenvalue weighted by Gasteiger charge is 2.61. The van der Waals surface area contributed by atoms with Gasteiger partial charge < -0.3 is 33.9 Å². The van der Waals surface area contributed by atoms with E-state index in [1.807, 2.05) is 6.92 Å². The number of ether oxygens (including phenoxy) is 4. The quantitative estimate of drug-likeness (QED) is 0.156. The minimum Gasteiger partial charge on any atom is -0.477 e. The van der Waals surface area contributed by atoms with E-state index in [9.17, 15) is 28.7 Å². The van der Waals surface area contributed by atoms with Crippen LogP contribution in [0.4, 0.5) is 14.0 Å². The van der Waals surface area contributed by atoms with Crippen molar-refractivity contribution in [1.29, 1.82) is 0 Å². The Morgan fingerprint density at radius 2 is 1.92 bits per heavy atom. The summed E-state index contributed by atoms with van der Waals surface area (Å²) in [6.45, 7) is 9.97. The molecule has 210 valence electrons. The molecule has 38 heavy (non-hydrogen) atoms.